The average Bonchev–Trinajstić information content (AvgIpc) is 2.23. The maximum absolute atomic E-state index is 11.6. The molecular weight excluding hydrogens is 186 g/mol. The van der Waals surface area contributed by atoms with Crippen molar-refractivity contribution < 1.29 is 4.79 Å². The summed E-state index contributed by atoms with van der Waals surface area (Å²) in [6.45, 7) is 6.39. The van der Waals surface area contributed by atoms with Crippen molar-refractivity contribution in [1.29, 1.82) is 0 Å². The Balaban J connectivity index is 4.74. The van der Waals surface area contributed by atoms with Crippen molar-refractivity contribution in [2.75, 3.05) is 6.54 Å². The van der Waals surface area contributed by atoms with Gasteiger partial charge in [0.1, 0.15) is 0 Å². The minimum atomic E-state index is -0.155. The summed E-state index contributed by atoms with van der Waals surface area (Å²) in [4.78, 5) is 11.6. The molecule has 1 N–H and O–H groups in total. The lowest BCUT2D eigenvalue weighted by Crippen LogP contribution is -2.26. The van der Waals surface area contributed by atoms with Crippen LogP contribution in [-0.4, -0.2) is 12.5 Å². The summed E-state index contributed by atoms with van der Waals surface area (Å²) in [5.74, 6) is 2.33. The SMILES string of the molecule is C#CC(C)/C(=C\C=C/CC)C(=O)NCC. The van der Waals surface area contributed by atoms with Crippen LogP contribution in [0.25, 0.3) is 0 Å². The van der Waals surface area contributed by atoms with Gasteiger partial charge in [0.15, 0.2) is 0 Å². The summed E-state index contributed by atoms with van der Waals surface area (Å²) in [5, 5.41) is 2.75. The summed E-state index contributed by atoms with van der Waals surface area (Å²) >= 11 is 0. The third-order valence-electron chi connectivity index (χ3n) is 1.96. The molecule has 0 spiro atoms. The van der Waals surface area contributed by atoms with Crippen LogP contribution in [0.5, 0.6) is 0 Å². The van der Waals surface area contributed by atoms with Crippen LogP contribution in [0.3, 0.4) is 0 Å². The van der Waals surface area contributed by atoms with Gasteiger partial charge >= 0.3 is 0 Å². The van der Waals surface area contributed by atoms with Crippen LogP contribution in [0.1, 0.15) is 27.2 Å². The van der Waals surface area contributed by atoms with Gasteiger partial charge in [-0.05, 0) is 20.3 Å². The Morgan fingerprint density at radius 3 is 2.67 bits per heavy atom. The highest BCUT2D eigenvalue weighted by Crippen LogP contribution is 2.09. The zero-order chi connectivity index (χ0) is 11.7. The molecule has 0 saturated carbocycles. The van der Waals surface area contributed by atoms with Gasteiger partial charge in [-0.1, -0.05) is 31.1 Å². The van der Waals surface area contributed by atoms with Gasteiger partial charge in [0.25, 0.3) is 0 Å². The number of allylic oxidation sites excluding steroid dienone is 3. The Bertz CT molecular complexity index is 294. The summed E-state index contributed by atoms with van der Waals surface area (Å²) in [5.41, 5.74) is 0.643. The third kappa shape index (κ3) is 5.07. The van der Waals surface area contributed by atoms with Crippen LogP contribution in [0.2, 0.25) is 0 Å². The number of nitrogens with one attached hydrogen (secondary N) is 1. The standard InChI is InChI=1S/C13H19NO/c1-5-8-9-10-12(11(4)6-2)13(15)14-7-3/h2,8-11H,5,7H2,1,3-4H3,(H,14,15)/b9-8-,12-10+. The second-order valence-corrected chi connectivity index (χ2v) is 3.21. The van der Waals surface area contributed by atoms with Gasteiger partial charge in [-0.2, -0.15) is 0 Å². The largest absolute Gasteiger partial charge is 0.353 e. The van der Waals surface area contributed by atoms with Crippen molar-refractivity contribution in [3.8, 4) is 12.3 Å². The molecule has 0 saturated heterocycles. The molecule has 0 aromatic carbocycles. The lowest BCUT2D eigenvalue weighted by molar-refractivity contribution is -0.117. The minimum absolute atomic E-state index is 0.0799. The molecule has 0 fully saturated rings. The van der Waals surface area contributed by atoms with Crippen molar-refractivity contribution in [2.45, 2.75) is 27.2 Å². The second-order valence-electron chi connectivity index (χ2n) is 3.21. The molecule has 0 rings (SSSR count). The molecule has 0 radical (unpaired) electrons. The smallest absolute Gasteiger partial charge is 0.248 e. The molecule has 2 heteroatoms. The number of rotatable bonds is 5. The maximum Gasteiger partial charge on any atom is 0.248 e. The Kier molecular flexibility index (Phi) is 7.09. The highest BCUT2D eigenvalue weighted by atomic mass is 16.1. The van der Waals surface area contributed by atoms with E-state index in [1.807, 2.05) is 32.9 Å². The number of likely N-dealkylation sites (N-methyl/N-ethyl adjacent to an activating group) is 1. The molecular formula is C13H19NO. The Morgan fingerprint density at radius 1 is 1.53 bits per heavy atom. The summed E-state index contributed by atoms with van der Waals surface area (Å²) in [6, 6.07) is 0. The molecule has 0 aromatic heterocycles. The van der Waals surface area contributed by atoms with E-state index in [1.165, 1.54) is 0 Å². The van der Waals surface area contributed by atoms with Crippen molar-refractivity contribution in [3.05, 3.63) is 23.8 Å². The zero-order valence-electron chi connectivity index (χ0n) is 9.71. The predicted molar refractivity (Wildman–Crippen MR) is 64.2 cm³/mol. The first-order chi connectivity index (χ1) is 7.17. The highest BCUT2D eigenvalue weighted by molar-refractivity contribution is 5.94. The van der Waals surface area contributed by atoms with Crippen LogP contribution in [-0.2, 0) is 4.79 Å². The first-order valence-corrected chi connectivity index (χ1v) is 5.28. The van der Waals surface area contributed by atoms with Gasteiger partial charge < -0.3 is 5.32 Å². The Morgan fingerprint density at radius 2 is 2.20 bits per heavy atom. The molecule has 1 amide bonds. The fourth-order valence-corrected chi connectivity index (χ4v) is 1.08. The molecule has 0 heterocycles. The summed E-state index contributed by atoms with van der Waals surface area (Å²) in [6.07, 6.45) is 11.9. The second kappa shape index (κ2) is 7.87. The predicted octanol–water partition coefficient (Wildman–Crippen LogP) is 2.28. The molecule has 0 aliphatic heterocycles. The van der Waals surface area contributed by atoms with Gasteiger partial charge in [-0.25, -0.2) is 0 Å². The first-order valence-electron chi connectivity index (χ1n) is 5.28. The number of carbonyl (C=O) groups is 1. The van der Waals surface area contributed by atoms with Crippen LogP contribution < -0.4 is 5.32 Å². The molecule has 0 aliphatic rings. The van der Waals surface area contributed by atoms with Crippen LogP contribution in [0, 0.1) is 18.3 Å². The molecule has 2 nitrogen and oxygen atoms in total. The van der Waals surface area contributed by atoms with Crippen molar-refractivity contribution in [1.82, 2.24) is 5.32 Å². The van der Waals surface area contributed by atoms with Crippen LogP contribution >= 0.6 is 0 Å². The zero-order valence-corrected chi connectivity index (χ0v) is 9.71. The van der Waals surface area contributed by atoms with E-state index >= 15 is 0 Å². The summed E-state index contributed by atoms with van der Waals surface area (Å²) in [7, 11) is 0. The lowest BCUT2D eigenvalue weighted by atomic mass is 10.0. The number of carbonyl (C=O) groups excluding carboxylic acids is 1. The maximum atomic E-state index is 11.6. The van der Waals surface area contributed by atoms with Gasteiger partial charge in [-0.3, -0.25) is 4.79 Å². The van der Waals surface area contributed by atoms with Gasteiger partial charge in [-0.15, -0.1) is 6.42 Å². The molecule has 1 atom stereocenters. The van der Waals surface area contributed by atoms with E-state index in [1.54, 1.807) is 6.08 Å². The fraction of sp³-hybridized carbons (Fsp3) is 0.462. The Labute approximate surface area is 92.4 Å². The van der Waals surface area contributed by atoms with E-state index in [2.05, 4.69) is 11.2 Å². The number of hydrogen-bond acceptors (Lipinski definition) is 1. The molecule has 0 aromatic rings. The molecule has 1 unspecified atom stereocenters. The van der Waals surface area contributed by atoms with E-state index < -0.39 is 0 Å². The number of terminal acetylenes is 1. The molecule has 82 valence electrons. The quantitative estimate of drug-likeness (QED) is 0.416. The van der Waals surface area contributed by atoms with Crippen LogP contribution in [0.15, 0.2) is 23.8 Å². The van der Waals surface area contributed by atoms with E-state index in [0.717, 1.165) is 6.42 Å². The van der Waals surface area contributed by atoms with E-state index in [4.69, 9.17) is 6.42 Å². The van der Waals surface area contributed by atoms with E-state index in [-0.39, 0.29) is 11.8 Å². The topological polar surface area (TPSA) is 29.1 Å². The fourth-order valence-electron chi connectivity index (χ4n) is 1.08. The average molecular weight is 205 g/mol. The summed E-state index contributed by atoms with van der Waals surface area (Å²) < 4.78 is 0. The van der Waals surface area contributed by atoms with E-state index in [9.17, 15) is 4.79 Å². The van der Waals surface area contributed by atoms with E-state index in [0.29, 0.717) is 12.1 Å². The molecule has 0 aliphatic carbocycles. The minimum Gasteiger partial charge on any atom is -0.353 e. The molecule has 15 heavy (non-hydrogen) atoms. The van der Waals surface area contributed by atoms with Gasteiger partial charge in [0.2, 0.25) is 5.91 Å². The van der Waals surface area contributed by atoms with Crippen molar-refractivity contribution in [3.63, 3.8) is 0 Å². The van der Waals surface area contributed by atoms with Crippen molar-refractivity contribution in [2.24, 2.45) is 5.92 Å². The normalized spacial score (nSPS) is 13.6. The first kappa shape index (κ1) is 13.5. The Hall–Kier alpha value is -1.49. The van der Waals surface area contributed by atoms with Gasteiger partial charge in [0, 0.05) is 18.0 Å². The number of hydrogen-bond donors (Lipinski definition) is 1. The highest BCUT2D eigenvalue weighted by Gasteiger charge is 2.12. The van der Waals surface area contributed by atoms with Crippen molar-refractivity contribution >= 4 is 5.91 Å². The third-order valence-corrected chi connectivity index (χ3v) is 1.96. The monoisotopic (exact) mass is 205 g/mol. The number of amides is 1. The van der Waals surface area contributed by atoms with Gasteiger partial charge in [0.05, 0.1) is 0 Å². The lowest BCUT2D eigenvalue weighted by Gasteiger charge is -2.09. The molecule has 0 bridgehead atoms. The van der Waals surface area contributed by atoms with Crippen LogP contribution in [0.4, 0.5) is 0 Å².